The van der Waals surface area contributed by atoms with Crippen molar-refractivity contribution >= 4 is 35.9 Å². The van der Waals surface area contributed by atoms with Gasteiger partial charge in [-0.05, 0) is 31.3 Å². The summed E-state index contributed by atoms with van der Waals surface area (Å²) in [5.41, 5.74) is 2.51. The molecule has 4 N–H and O–H groups in total. The Morgan fingerprint density at radius 3 is 2.64 bits per heavy atom. The fraction of sp³-hybridized carbons (Fsp3) is 0.235. The van der Waals surface area contributed by atoms with Gasteiger partial charge in [0.2, 0.25) is 5.88 Å². The van der Waals surface area contributed by atoms with Crippen molar-refractivity contribution in [3.63, 3.8) is 0 Å². The molecule has 0 aliphatic carbocycles. The first-order chi connectivity index (χ1) is 13.3. The van der Waals surface area contributed by atoms with E-state index < -0.39 is 23.3 Å². The number of hydrazone groups is 1. The summed E-state index contributed by atoms with van der Waals surface area (Å²) in [6.45, 7) is 2.34. The molecule has 0 fully saturated rings. The van der Waals surface area contributed by atoms with Gasteiger partial charge in [0.25, 0.3) is 5.56 Å². The summed E-state index contributed by atoms with van der Waals surface area (Å²) in [7, 11) is 1.48. The average Bonchev–Trinajstić information content (AvgIpc) is 2.65. The first-order valence-electron chi connectivity index (χ1n) is 8.09. The van der Waals surface area contributed by atoms with Crippen LogP contribution in [0.5, 0.6) is 5.88 Å². The molecule has 0 unspecified atom stereocenters. The third-order valence-electron chi connectivity index (χ3n) is 3.60. The van der Waals surface area contributed by atoms with Gasteiger partial charge in [-0.15, -0.1) is 0 Å². The molecule has 1 aromatic heterocycles. The molecule has 2 rings (SSSR count). The van der Waals surface area contributed by atoms with Gasteiger partial charge in [-0.25, -0.2) is 5.43 Å². The number of H-pyrrole nitrogens is 1. The van der Waals surface area contributed by atoms with Crippen molar-refractivity contribution in [1.82, 2.24) is 15.0 Å². The van der Waals surface area contributed by atoms with E-state index in [2.05, 4.69) is 15.4 Å². The summed E-state index contributed by atoms with van der Waals surface area (Å²) in [6.07, 6.45) is 0.920. The highest BCUT2D eigenvalue weighted by molar-refractivity contribution is 7.71. The van der Waals surface area contributed by atoms with Crippen LogP contribution in [0.25, 0.3) is 0 Å². The first kappa shape index (κ1) is 21.0. The number of amides is 2. The quantitative estimate of drug-likeness (QED) is 0.241. The summed E-state index contributed by atoms with van der Waals surface area (Å²) < 4.78 is 6.17. The number of aromatic amines is 1. The summed E-state index contributed by atoms with van der Waals surface area (Å²) >= 11 is 4.98. The molecule has 0 saturated carbocycles. The molecule has 2 aromatic rings. The van der Waals surface area contributed by atoms with Crippen LogP contribution >= 0.6 is 12.2 Å². The summed E-state index contributed by atoms with van der Waals surface area (Å²) in [6, 6.07) is 6.86. The first-order valence-corrected chi connectivity index (χ1v) is 8.50. The minimum atomic E-state index is -1.04. The maximum absolute atomic E-state index is 12.0. The molecule has 0 aliphatic rings. The SMILES string of the molecule is COCCn1c(O)c(/C=N\NC(=O)C(=O)Nc2ccc(C)cc2)c(=O)[nH]c1=S. The van der Waals surface area contributed by atoms with Gasteiger partial charge in [0, 0.05) is 12.8 Å². The fourth-order valence-corrected chi connectivity index (χ4v) is 2.38. The molecule has 0 atom stereocenters. The third-order valence-corrected chi connectivity index (χ3v) is 3.92. The molecular formula is C17H19N5O5S. The van der Waals surface area contributed by atoms with Gasteiger partial charge < -0.3 is 15.2 Å². The van der Waals surface area contributed by atoms with E-state index >= 15 is 0 Å². The topological polar surface area (TPSA) is 138 Å². The van der Waals surface area contributed by atoms with E-state index in [0.717, 1.165) is 11.8 Å². The number of anilines is 1. The van der Waals surface area contributed by atoms with Crippen molar-refractivity contribution < 1.29 is 19.4 Å². The van der Waals surface area contributed by atoms with Crippen molar-refractivity contribution in [1.29, 1.82) is 0 Å². The number of methoxy groups -OCH3 is 1. The number of carbonyl (C=O) groups excluding carboxylic acids is 2. The molecule has 10 nitrogen and oxygen atoms in total. The lowest BCUT2D eigenvalue weighted by Gasteiger charge is -2.10. The minimum Gasteiger partial charge on any atom is -0.494 e. The van der Waals surface area contributed by atoms with Crippen molar-refractivity contribution in [2.45, 2.75) is 13.5 Å². The van der Waals surface area contributed by atoms with Gasteiger partial charge >= 0.3 is 11.8 Å². The zero-order valence-corrected chi connectivity index (χ0v) is 16.0. The standard InChI is InChI=1S/C17H19N5O5S/c1-10-3-5-11(6-4-10)19-14(24)15(25)21-18-9-12-13(23)20-17(28)22(16(12)26)7-8-27-2/h3-6,9,26H,7-8H2,1-2H3,(H,19,24)(H,21,25)(H,20,23,28)/b18-9-. The van der Waals surface area contributed by atoms with Crippen LogP contribution in [0.4, 0.5) is 5.69 Å². The van der Waals surface area contributed by atoms with E-state index in [1.165, 1.54) is 11.7 Å². The van der Waals surface area contributed by atoms with E-state index in [4.69, 9.17) is 17.0 Å². The smallest absolute Gasteiger partial charge is 0.329 e. The predicted molar refractivity (Wildman–Crippen MR) is 105 cm³/mol. The third kappa shape index (κ3) is 5.34. The van der Waals surface area contributed by atoms with Gasteiger partial charge in [-0.3, -0.25) is 23.9 Å². The number of rotatable bonds is 6. The highest BCUT2D eigenvalue weighted by Crippen LogP contribution is 2.11. The predicted octanol–water partition coefficient (Wildman–Crippen LogP) is 0.655. The maximum Gasteiger partial charge on any atom is 0.329 e. The lowest BCUT2D eigenvalue weighted by Crippen LogP contribution is -2.32. The van der Waals surface area contributed by atoms with Crippen LogP contribution in [-0.4, -0.2) is 46.4 Å². The molecule has 0 bridgehead atoms. The van der Waals surface area contributed by atoms with Gasteiger partial charge in [0.15, 0.2) is 4.77 Å². The summed E-state index contributed by atoms with van der Waals surface area (Å²) in [4.78, 5) is 38.0. The number of nitrogens with zero attached hydrogens (tertiary/aromatic N) is 2. The van der Waals surface area contributed by atoms with E-state index in [-0.39, 0.29) is 23.5 Å². The van der Waals surface area contributed by atoms with Crippen LogP contribution in [-0.2, 0) is 20.9 Å². The Labute approximate surface area is 164 Å². The molecule has 28 heavy (non-hydrogen) atoms. The van der Waals surface area contributed by atoms with Crippen LogP contribution in [0.15, 0.2) is 34.2 Å². The lowest BCUT2D eigenvalue weighted by atomic mass is 10.2. The molecule has 148 valence electrons. The van der Waals surface area contributed by atoms with Crippen molar-refractivity contribution in [2.75, 3.05) is 19.0 Å². The van der Waals surface area contributed by atoms with Crippen molar-refractivity contribution in [3.05, 3.63) is 50.5 Å². The Bertz CT molecular complexity index is 1010. The van der Waals surface area contributed by atoms with Crippen LogP contribution < -0.4 is 16.3 Å². The Kier molecular flexibility index (Phi) is 7.18. The van der Waals surface area contributed by atoms with Crippen LogP contribution in [0.1, 0.15) is 11.1 Å². The number of benzene rings is 1. The number of nitrogens with one attached hydrogen (secondary N) is 3. The number of carbonyl (C=O) groups is 2. The molecule has 11 heteroatoms. The van der Waals surface area contributed by atoms with Crippen molar-refractivity contribution in [3.8, 4) is 5.88 Å². The fourth-order valence-electron chi connectivity index (χ4n) is 2.11. The number of aryl methyl sites for hydroxylation is 1. The molecular weight excluding hydrogens is 386 g/mol. The number of hydrogen-bond acceptors (Lipinski definition) is 7. The number of ether oxygens (including phenoxy) is 1. The molecule has 0 spiro atoms. The molecule has 1 aromatic carbocycles. The van der Waals surface area contributed by atoms with Gasteiger partial charge in [-0.1, -0.05) is 17.7 Å². The zero-order valence-electron chi connectivity index (χ0n) is 15.2. The zero-order chi connectivity index (χ0) is 20.7. The largest absolute Gasteiger partial charge is 0.494 e. The Balaban J connectivity index is 2.08. The molecule has 0 radical (unpaired) electrons. The Morgan fingerprint density at radius 2 is 2.00 bits per heavy atom. The van der Waals surface area contributed by atoms with Gasteiger partial charge in [0.1, 0.15) is 5.56 Å². The van der Waals surface area contributed by atoms with Crippen LogP contribution in [0, 0.1) is 11.7 Å². The van der Waals surface area contributed by atoms with E-state index in [1.54, 1.807) is 24.3 Å². The number of hydrogen-bond donors (Lipinski definition) is 4. The second kappa shape index (κ2) is 9.58. The highest BCUT2D eigenvalue weighted by Gasteiger charge is 2.14. The second-order valence-corrected chi connectivity index (χ2v) is 6.05. The average molecular weight is 405 g/mol. The minimum absolute atomic E-state index is 0.0122. The Morgan fingerprint density at radius 1 is 1.32 bits per heavy atom. The van der Waals surface area contributed by atoms with Crippen molar-refractivity contribution in [2.24, 2.45) is 5.10 Å². The molecule has 0 saturated heterocycles. The van der Waals surface area contributed by atoms with Gasteiger partial charge in [-0.2, -0.15) is 5.10 Å². The monoisotopic (exact) mass is 405 g/mol. The van der Waals surface area contributed by atoms with Crippen LogP contribution in [0.3, 0.4) is 0 Å². The molecule has 2 amide bonds. The Hall–Kier alpha value is -3.31. The summed E-state index contributed by atoms with van der Waals surface area (Å²) in [5.74, 6) is -2.41. The normalized spacial score (nSPS) is 10.8. The van der Waals surface area contributed by atoms with Crippen LogP contribution in [0.2, 0.25) is 0 Å². The van der Waals surface area contributed by atoms with Gasteiger partial charge in [0.05, 0.1) is 19.4 Å². The number of aromatic hydroxyl groups is 1. The maximum atomic E-state index is 12.0. The summed E-state index contributed by atoms with van der Waals surface area (Å²) in [5, 5.41) is 16.2. The lowest BCUT2D eigenvalue weighted by molar-refractivity contribution is -0.136. The van der Waals surface area contributed by atoms with E-state index in [1.807, 2.05) is 12.3 Å². The van der Waals surface area contributed by atoms with E-state index in [9.17, 15) is 19.5 Å². The van der Waals surface area contributed by atoms with E-state index in [0.29, 0.717) is 5.69 Å². The second-order valence-electron chi connectivity index (χ2n) is 5.66. The highest BCUT2D eigenvalue weighted by atomic mass is 32.1. The number of aromatic nitrogens is 2. The molecule has 0 aliphatic heterocycles. The molecule has 1 heterocycles.